The highest BCUT2D eigenvalue weighted by atomic mass is 32.2. The summed E-state index contributed by atoms with van der Waals surface area (Å²) in [6.45, 7) is 2.61. The van der Waals surface area contributed by atoms with Crippen molar-refractivity contribution in [2.45, 2.75) is 56.8 Å². The lowest BCUT2D eigenvalue weighted by molar-refractivity contribution is -0.143. The molecule has 30 heavy (non-hydrogen) atoms. The molecule has 0 bridgehead atoms. The molecule has 1 saturated carbocycles. The van der Waals surface area contributed by atoms with Gasteiger partial charge in [-0.05, 0) is 51.3 Å². The molecule has 1 aliphatic rings. The summed E-state index contributed by atoms with van der Waals surface area (Å²) in [5.41, 5.74) is -3.77. The maximum absolute atomic E-state index is 13.1. The molecule has 2 rings (SSSR count). The van der Waals surface area contributed by atoms with E-state index in [-0.39, 0.29) is 12.1 Å². The number of nitrogens with one attached hydrogen (secondary N) is 2. The van der Waals surface area contributed by atoms with Crippen molar-refractivity contribution in [2.75, 3.05) is 5.32 Å². The Morgan fingerprint density at radius 2 is 1.57 bits per heavy atom. The number of nitrogens with zero attached hydrogens (tertiary/aromatic N) is 1. The molecular formula is C18H19F6N3O2S. The zero-order valence-corrected chi connectivity index (χ0v) is 16.8. The second-order valence-corrected chi connectivity index (χ2v) is 9.54. The Morgan fingerprint density at radius 3 is 1.90 bits per heavy atom. The van der Waals surface area contributed by atoms with Crippen LogP contribution in [-0.4, -0.2) is 19.7 Å². The van der Waals surface area contributed by atoms with Gasteiger partial charge >= 0.3 is 12.4 Å². The molecule has 0 unspecified atom stereocenters. The van der Waals surface area contributed by atoms with Gasteiger partial charge in [-0.2, -0.15) is 31.6 Å². The third-order valence-electron chi connectivity index (χ3n) is 4.54. The van der Waals surface area contributed by atoms with E-state index >= 15 is 0 Å². The van der Waals surface area contributed by atoms with E-state index in [4.69, 9.17) is 0 Å². The molecule has 1 aromatic rings. The van der Waals surface area contributed by atoms with Crippen molar-refractivity contribution < 1.29 is 34.8 Å². The molecule has 0 aromatic heterocycles. The van der Waals surface area contributed by atoms with Gasteiger partial charge in [0.2, 0.25) is 0 Å². The molecule has 0 amide bonds. The fourth-order valence-electron chi connectivity index (χ4n) is 2.58. The summed E-state index contributed by atoms with van der Waals surface area (Å²) in [5, 5.41) is 13.4. The normalized spacial score (nSPS) is 16.5. The van der Waals surface area contributed by atoms with Gasteiger partial charge in [0.1, 0.15) is 11.9 Å². The number of benzene rings is 1. The number of anilines is 1. The molecule has 0 atom stereocenters. The molecule has 0 heterocycles. The lowest BCUT2D eigenvalue weighted by Gasteiger charge is -2.30. The van der Waals surface area contributed by atoms with E-state index in [2.05, 4.69) is 10.6 Å². The van der Waals surface area contributed by atoms with Gasteiger partial charge < -0.3 is 10.6 Å². The van der Waals surface area contributed by atoms with Gasteiger partial charge in [-0.25, -0.2) is 8.42 Å². The van der Waals surface area contributed by atoms with E-state index in [1.54, 1.807) is 0 Å². The first kappa shape index (κ1) is 23.9. The first-order valence-corrected chi connectivity index (χ1v) is 10.4. The van der Waals surface area contributed by atoms with Gasteiger partial charge in [0, 0.05) is 11.7 Å². The number of halogens is 6. The predicted octanol–water partition coefficient (Wildman–Crippen LogP) is 4.79. The summed E-state index contributed by atoms with van der Waals surface area (Å²) in [4.78, 5) is -0.782. The Balaban J connectivity index is 2.62. The average molecular weight is 455 g/mol. The van der Waals surface area contributed by atoms with Crippen molar-refractivity contribution in [3.05, 3.63) is 40.1 Å². The Labute approximate surface area is 169 Å². The molecular weight excluding hydrogens is 436 g/mol. The van der Waals surface area contributed by atoms with E-state index in [9.17, 15) is 40.0 Å². The van der Waals surface area contributed by atoms with Crippen molar-refractivity contribution in [1.29, 1.82) is 5.26 Å². The van der Waals surface area contributed by atoms with Crippen LogP contribution in [0, 0.1) is 11.3 Å². The zero-order chi connectivity index (χ0) is 22.9. The highest BCUT2D eigenvalue weighted by Crippen LogP contribution is 2.38. The summed E-state index contributed by atoms with van der Waals surface area (Å²) >= 11 is 0. The Morgan fingerprint density at radius 1 is 1.07 bits per heavy atom. The highest BCUT2D eigenvalue weighted by molar-refractivity contribution is 7.96. The lowest BCUT2D eigenvalue weighted by atomic mass is 9.93. The largest absolute Gasteiger partial charge is 0.416 e. The quantitative estimate of drug-likeness (QED) is 0.476. The minimum Gasteiger partial charge on any atom is -0.367 e. The maximum Gasteiger partial charge on any atom is 0.416 e. The number of alkyl halides is 6. The van der Waals surface area contributed by atoms with Crippen LogP contribution in [0.15, 0.2) is 28.9 Å². The van der Waals surface area contributed by atoms with Crippen LogP contribution >= 0.6 is 0 Å². The number of hydrogen-bond acceptors (Lipinski definition) is 5. The third-order valence-corrected chi connectivity index (χ3v) is 6.65. The highest BCUT2D eigenvalue weighted by Gasteiger charge is 2.37. The molecule has 0 saturated heterocycles. The lowest BCUT2D eigenvalue weighted by Crippen LogP contribution is -2.38. The topological polar surface area (TPSA) is 82.0 Å². The van der Waals surface area contributed by atoms with E-state index < -0.39 is 55.0 Å². The van der Waals surface area contributed by atoms with Crippen LogP contribution in [0.2, 0.25) is 0 Å². The van der Waals surface area contributed by atoms with E-state index in [0.29, 0.717) is 25.0 Å². The summed E-state index contributed by atoms with van der Waals surface area (Å²) in [7, 11) is -4.17. The molecule has 1 aromatic carbocycles. The minimum absolute atomic E-state index is 0.0377. The first-order chi connectivity index (χ1) is 13.7. The summed E-state index contributed by atoms with van der Waals surface area (Å²) in [6, 6.07) is 2.06. The number of sulfone groups is 1. The fraction of sp³-hybridized carbons (Fsp3) is 0.500. The van der Waals surface area contributed by atoms with E-state index in [1.807, 2.05) is 0 Å². The van der Waals surface area contributed by atoms with E-state index in [1.165, 1.54) is 19.9 Å². The van der Waals surface area contributed by atoms with E-state index in [0.717, 1.165) is 6.42 Å². The average Bonchev–Trinajstić information content (AvgIpc) is 2.56. The zero-order valence-electron chi connectivity index (χ0n) is 15.9. The van der Waals surface area contributed by atoms with Crippen LogP contribution in [0.5, 0.6) is 0 Å². The molecule has 1 fully saturated rings. The van der Waals surface area contributed by atoms with Crippen molar-refractivity contribution in [3.8, 4) is 6.07 Å². The van der Waals surface area contributed by atoms with Gasteiger partial charge in [-0.15, -0.1) is 0 Å². The standard InChI is InChI=1S/C18H19F6N3O2S/c1-10(2)30(28,29)15(9-25)16(26-13-4-3-5-13)27-14-7-11(17(19,20)21)6-12(8-14)18(22,23)24/h6-8,10,13,26-27H,3-5H2,1-2H3/b16-15-. The predicted molar refractivity (Wildman–Crippen MR) is 97.5 cm³/mol. The molecule has 2 N–H and O–H groups in total. The van der Waals surface area contributed by atoms with Gasteiger partial charge in [0.05, 0.1) is 16.4 Å². The third kappa shape index (κ3) is 5.38. The van der Waals surface area contributed by atoms with Crippen LogP contribution < -0.4 is 10.6 Å². The smallest absolute Gasteiger partial charge is 0.367 e. The van der Waals surface area contributed by atoms with Gasteiger partial charge in [-0.3, -0.25) is 0 Å². The van der Waals surface area contributed by atoms with Gasteiger partial charge in [-0.1, -0.05) is 0 Å². The second-order valence-electron chi connectivity index (χ2n) is 7.10. The molecule has 0 aliphatic heterocycles. The molecule has 166 valence electrons. The number of allylic oxidation sites excluding steroid dienone is 1. The van der Waals surface area contributed by atoms with Crippen LogP contribution in [0.4, 0.5) is 32.0 Å². The van der Waals surface area contributed by atoms with Gasteiger partial charge in [0.25, 0.3) is 0 Å². The Bertz CT molecular complexity index is 939. The number of nitriles is 1. The van der Waals surface area contributed by atoms with Crippen molar-refractivity contribution in [3.63, 3.8) is 0 Å². The number of hydrogen-bond donors (Lipinski definition) is 2. The summed E-state index contributed by atoms with van der Waals surface area (Å²) in [6.07, 6.45) is -8.09. The molecule has 1 aliphatic carbocycles. The molecule has 0 spiro atoms. The summed E-state index contributed by atoms with van der Waals surface area (Å²) in [5.74, 6) is -0.441. The maximum atomic E-state index is 13.1. The van der Waals surface area contributed by atoms with Crippen LogP contribution in [-0.2, 0) is 22.2 Å². The Hall–Kier alpha value is -2.42. The molecule has 5 nitrogen and oxygen atoms in total. The minimum atomic E-state index is -5.06. The first-order valence-electron chi connectivity index (χ1n) is 8.87. The summed E-state index contributed by atoms with van der Waals surface area (Å²) < 4.78 is 104. The van der Waals surface area contributed by atoms with Crippen molar-refractivity contribution >= 4 is 15.5 Å². The number of rotatable bonds is 6. The van der Waals surface area contributed by atoms with Crippen LogP contribution in [0.3, 0.4) is 0 Å². The molecule has 0 radical (unpaired) electrons. The Kier molecular flexibility index (Phi) is 6.66. The van der Waals surface area contributed by atoms with Crippen LogP contribution in [0.25, 0.3) is 0 Å². The fourth-order valence-corrected chi connectivity index (χ4v) is 3.58. The second kappa shape index (κ2) is 8.37. The van der Waals surface area contributed by atoms with Crippen molar-refractivity contribution in [1.82, 2.24) is 5.32 Å². The monoisotopic (exact) mass is 455 g/mol. The van der Waals surface area contributed by atoms with Crippen LogP contribution in [0.1, 0.15) is 44.2 Å². The van der Waals surface area contributed by atoms with Crippen molar-refractivity contribution in [2.24, 2.45) is 0 Å². The SMILES string of the molecule is CC(C)S(=O)(=O)/C(C#N)=C(\Nc1cc(C(F)(F)F)cc(C(F)(F)F)c1)NC1CCC1. The molecule has 12 heteroatoms. The van der Waals surface area contributed by atoms with Gasteiger partial charge in [0.15, 0.2) is 14.7 Å².